The van der Waals surface area contributed by atoms with E-state index < -0.39 is 10.8 Å². The van der Waals surface area contributed by atoms with Crippen LogP contribution in [0.5, 0.6) is 0 Å². The Morgan fingerprint density at radius 1 is 1.03 bits per heavy atom. The first-order chi connectivity index (χ1) is 14.4. The molecule has 150 valence electrons. The summed E-state index contributed by atoms with van der Waals surface area (Å²) in [6.07, 6.45) is 1.52. The van der Waals surface area contributed by atoms with Crippen LogP contribution in [-0.2, 0) is 11.3 Å². The van der Waals surface area contributed by atoms with Crippen LogP contribution in [-0.4, -0.2) is 21.0 Å². The molecule has 0 atom stereocenters. The van der Waals surface area contributed by atoms with Gasteiger partial charge in [0.1, 0.15) is 11.5 Å². The summed E-state index contributed by atoms with van der Waals surface area (Å²) >= 11 is 6.71. The average Bonchev–Trinajstić information content (AvgIpc) is 3.30. The minimum absolute atomic E-state index is 0.0140. The lowest BCUT2D eigenvalue weighted by Gasteiger charge is -2.12. The van der Waals surface area contributed by atoms with Crippen LogP contribution in [0.25, 0.3) is 17.4 Å². The van der Waals surface area contributed by atoms with Gasteiger partial charge in [0.05, 0.1) is 16.4 Å². The maximum absolute atomic E-state index is 12.7. The molecule has 0 N–H and O–H groups in total. The van der Waals surface area contributed by atoms with Crippen LogP contribution < -0.4 is 0 Å². The smallest absolute Gasteiger partial charge is 0.293 e. The number of nitro benzene ring substituents is 1. The van der Waals surface area contributed by atoms with Crippen LogP contribution in [0.2, 0.25) is 5.02 Å². The third-order valence-corrected chi connectivity index (χ3v) is 5.55. The number of halogens is 1. The summed E-state index contributed by atoms with van der Waals surface area (Å²) in [6.45, 7) is 0.158. The summed E-state index contributed by atoms with van der Waals surface area (Å²) in [5, 5.41) is 11.0. The van der Waals surface area contributed by atoms with E-state index in [-0.39, 0.29) is 22.4 Å². The molecular weight excluding hydrogens is 428 g/mol. The standard InChI is InChI=1S/C21H13ClN2O5S/c22-15-5-1-13(2-6-15)12-23-20(25)19(30-21(23)26)11-17-9-10-18(29-17)14-3-7-16(8-4-14)24(27)28/h1-11H,12H2/b19-11-. The first-order valence-electron chi connectivity index (χ1n) is 8.75. The first kappa shape index (κ1) is 19.9. The topological polar surface area (TPSA) is 93.7 Å². The summed E-state index contributed by atoms with van der Waals surface area (Å²) in [7, 11) is 0. The Balaban J connectivity index is 1.51. The van der Waals surface area contributed by atoms with Gasteiger partial charge in [-0.1, -0.05) is 23.7 Å². The highest BCUT2D eigenvalue weighted by molar-refractivity contribution is 8.18. The van der Waals surface area contributed by atoms with Crippen LogP contribution in [0.4, 0.5) is 10.5 Å². The second kappa shape index (κ2) is 8.17. The number of rotatable bonds is 5. The number of hydrogen-bond donors (Lipinski definition) is 0. The van der Waals surface area contributed by atoms with Crippen LogP contribution >= 0.6 is 23.4 Å². The van der Waals surface area contributed by atoms with Crippen molar-refractivity contribution in [2.24, 2.45) is 0 Å². The molecule has 0 spiro atoms. The Labute approximate surface area is 180 Å². The predicted octanol–water partition coefficient (Wildman–Crippen LogP) is 5.74. The van der Waals surface area contributed by atoms with Crippen molar-refractivity contribution in [2.75, 3.05) is 0 Å². The highest BCUT2D eigenvalue weighted by atomic mass is 35.5. The SMILES string of the molecule is O=C1S/C(=C\c2ccc(-c3ccc([N+](=O)[O-])cc3)o2)C(=O)N1Cc1ccc(Cl)cc1. The molecule has 3 aromatic rings. The van der Waals surface area contributed by atoms with Gasteiger partial charge in [0, 0.05) is 28.8 Å². The molecule has 0 bridgehead atoms. The monoisotopic (exact) mass is 440 g/mol. The Bertz CT molecular complexity index is 1170. The third-order valence-electron chi connectivity index (χ3n) is 4.39. The first-order valence-corrected chi connectivity index (χ1v) is 9.94. The summed E-state index contributed by atoms with van der Waals surface area (Å²) in [6, 6.07) is 16.2. The molecular formula is C21H13ClN2O5S. The van der Waals surface area contributed by atoms with Crippen molar-refractivity contribution in [1.29, 1.82) is 0 Å². The molecule has 7 nitrogen and oxygen atoms in total. The van der Waals surface area contributed by atoms with E-state index >= 15 is 0 Å². The van der Waals surface area contributed by atoms with Crippen molar-refractivity contribution in [3.05, 3.63) is 92.0 Å². The van der Waals surface area contributed by atoms with E-state index in [0.29, 0.717) is 22.1 Å². The van der Waals surface area contributed by atoms with Crippen molar-refractivity contribution in [3.8, 4) is 11.3 Å². The molecule has 1 aliphatic rings. The number of furan rings is 1. The molecule has 2 aromatic carbocycles. The molecule has 0 unspecified atom stereocenters. The third kappa shape index (κ3) is 4.14. The molecule has 9 heteroatoms. The van der Waals surface area contributed by atoms with Crippen molar-refractivity contribution >= 4 is 46.3 Å². The van der Waals surface area contributed by atoms with Crippen molar-refractivity contribution < 1.29 is 18.9 Å². The molecule has 1 aromatic heterocycles. The number of thioether (sulfide) groups is 1. The largest absolute Gasteiger partial charge is 0.457 e. The van der Waals surface area contributed by atoms with Crippen LogP contribution in [0.1, 0.15) is 11.3 Å². The van der Waals surface area contributed by atoms with E-state index in [1.54, 1.807) is 48.5 Å². The lowest BCUT2D eigenvalue weighted by Crippen LogP contribution is -2.27. The minimum Gasteiger partial charge on any atom is -0.457 e. The zero-order chi connectivity index (χ0) is 21.3. The molecule has 1 saturated heterocycles. The van der Waals surface area contributed by atoms with E-state index in [4.69, 9.17) is 16.0 Å². The maximum Gasteiger partial charge on any atom is 0.293 e. The molecule has 2 heterocycles. The van der Waals surface area contributed by atoms with Gasteiger partial charge in [0.2, 0.25) is 0 Å². The molecule has 0 saturated carbocycles. The summed E-state index contributed by atoms with van der Waals surface area (Å²) in [5.41, 5.74) is 1.44. The number of carbonyl (C=O) groups is 2. The Morgan fingerprint density at radius 3 is 2.40 bits per heavy atom. The van der Waals surface area contributed by atoms with Gasteiger partial charge < -0.3 is 4.42 Å². The van der Waals surface area contributed by atoms with E-state index in [1.807, 2.05) is 0 Å². The van der Waals surface area contributed by atoms with Gasteiger partial charge in [-0.2, -0.15) is 0 Å². The number of benzene rings is 2. The molecule has 1 aliphatic heterocycles. The number of nitrogens with zero attached hydrogens (tertiary/aromatic N) is 2. The average molecular weight is 441 g/mol. The van der Waals surface area contributed by atoms with E-state index in [1.165, 1.54) is 23.1 Å². The lowest BCUT2D eigenvalue weighted by molar-refractivity contribution is -0.384. The van der Waals surface area contributed by atoms with Crippen LogP contribution in [0.15, 0.2) is 70.0 Å². The highest BCUT2D eigenvalue weighted by Gasteiger charge is 2.35. The summed E-state index contributed by atoms with van der Waals surface area (Å²) in [5.74, 6) is 0.505. The maximum atomic E-state index is 12.7. The normalized spacial score (nSPS) is 15.2. The summed E-state index contributed by atoms with van der Waals surface area (Å²) < 4.78 is 5.73. The molecule has 2 amide bonds. The van der Waals surface area contributed by atoms with Gasteiger partial charge in [-0.05, 0) is 53.7 Å². The molecule has 4 rings (SSSR count). The Morgan fingerprint density at radius 2 is 1.73 bits per heavy atom. The van der Waals surface area contributed by atoms with Gasteiger partial charge in [-0.3, -0.25) is 24.6 Å². The van der Waals surface area contributed by atoms with Gasteiger partial charge >= 0.3 is 0 Å². The van der Waals surface area contributed by atoms with E-state index in [9.17, 15) is 19.7 Å². The van der Waals surface area contributed by atoms with Crippen molar-refractivity contribution in [3.63, 3.8) is 0 Å². The fraction of sp³-hybridized carbons (Fsp3) is 0.0476. The number of carbonyl (C=O) groups excluding carboxylic acids is 2. The quantitative estimate of drug-likeness (QED) is 0.285. The lowest BCUT2D eigenvalue weighted by atomic mass is 10.1. The fourth-order valence-electron chi connectivity index (χ4n) is 2.87. The Hall–Kier alpha value is -3.36. The van der Waals surface area contributed by atoms with E-state index in [0.717, 1.165) is 17.3 Å². The highest BCUT2D eigenvalue weighted by Crippen LogP contribution is 2.34. The van der Waals surface area contributed by atoms with Crippen molar-refractivity contribution in [1.82, 2.24) is 4.90 Å². The number of nitro groups is 1. The van der Waals surface area contributed by atoms with Gasteiger partial charge in [-0.25, -0.2) is 0 Å². The zero-order valence-corrected chi connectivity index (χ0v) is 16.9. The fourth-order valence-corrected chi connectivity index (χ4v) is 3.82. The number of amides is 2. The van der Waals surface area contributed by atoms with Gasteiger partial charge in [0.25, 0.3) is 16.8 Å². The Kier molecular flexibility index (Phi) is 5.43. The number of non-ortho nitro benzene ring substituents is 1. The number of imide groups is 1. The van der Waals surface area contributed by atoms with Gasteiger partial charge in [0.15, 0.2) is 0 Å². The predicted molar refractivity (Wildman–Crippen MR) is 114 cm³/mol. The molecule has 0 radical (unpaired) electrons. The van der Waals surface area contributed by atoms with Crippen LogP contribution in [0, 0.1) is 10.1 Å². The second-order valence-electron chi connectivity index (χ2n) is 6.40. The zero-order valence-electron chi connectivity index (χ0n) is 15.3. The number of hydrogen-bond acceptors (Lipinski definition) is 6. The molecule has 30 heavy (non-hydrogen) atoms. The van der Waals surface area contributed by atoms with Crippen molar-refractivity contribution in [2.45, 2.75) is 6.54 Å². The van der Waals surface area contributed by atoms with Gasteiger partial charge in [-0.15, -0.1) is 0 Å². The second-order valence-corrected chi connectivity index (χ2v) is 7.83. The summed E-state index contributed by atoms with van der Waals surface area (Å²) in [4.78, 5) is 36.7. The molecule has 0 aliphatic carbocycles. The van der Waals surface area contributed by atoms with E-state index in [2.05, 4.69) is 0 Å². The van der Waals surface area contributed by atoms with Crippen LogP contribution in [0.3, 0.4) is 0 Å². The minimum atomic E-state index is -0.475. The molecule has 1 fully saturated rings.